The molecule has 70 valence electrons. The summed E-state index contributed by atoms with van der Waals surface area (Å²) < 4.78 is 5.31. The molecule has 4 nitrogen and oxygen atoms in total. The van der Waals surface area contributed by atoms with E-state index in [-0.39, 0.29) is 0 Å². The monoisotopic (exact) mass is 180 g/mol. The third-order valence-electron chi connectivity index (χ3n) is 1.75. The quantitative estimate of drug-likeness (QED) is 0.671. The van der Waals surface area contributed by atoms with Crippen molar-refractivity contribution in [3.8, 4) is 5.75 Å². The molecule has 0 atom stereocenters. The molecule has 0 aliphatic carbocycles. The molecule has 0 radical (unpaired) electrons. The maximum Gasteiger partial charge on any atom is 0.171 e. The normalized spacial score (nSPS) is 9.77. The summed E-state index contributed by atoms with van der Waals surface area (Å²) in [7, 11) is 0. The molecule has 0 saturated carbocycles. The second kappa shape index (κ2) is 3.98. The summed E-state index contributed by atoms with van der Waals surface area (Å²) in [4.78, 5) is 14.5. The van der Waals surface area contributed by atoms with E-state index >= 15 is 0 Å². The number of pyridine rings is 1. The lowest BCUT2D eigenvalue weighted by atomic mass is 10.2. The molecule has 1 aromatic heterocycles. The molecule has 0 bridgehead atoms. The maximum absolute atomic E-state index is 10.5. The van der Waals surface area contributed by atoms with Crippen LogP contribution in [-0.4, -0.2) is 11.6 Å². The molecule has 13 heavy (non-hydrogen) atoms. The average molecular weight is 180 g/mol. The van der Waals surface area contributed by atoms with Crippen molar-refractivity contribution in [2.24, 2.45) is 5.18 Å². The van der Waals surface area contributed by atoms with Gasteiger partial charge >= 0.3 is 0 Å². The van der Waals surface area contributed by atoms with E-state index in [1.807, 2.05) is 13.8 Å². The largest absolute Gasteiger partial charge is 0.491 e. The van der Waals surface area contributed by atoms with E-state index in [1.54, 1.807) is 13.1 Å². The Balaban J connectivity index is 3.25. The molecule has 1 rings (SSSR count). The lowest BCUT2D eigenvalue weighted by Gasteiger charge is -2.09. The molecule has 1 heterocycles. The highest BCUT2D eigenvalue weighted by molar-refractivity contribution is 5.57. The van der Waals surface area contributed by atoms with Gasteiger partial charge in [-0.3, -0.25) is 4.98 Å². The van der Waals surface area contributed by atoms with Crippen LogP contribution in [0, 0.1) is 18.8 Å². The maximum atomic E-state index is 10.5. The van der Waals surface area contributed by atoms with Gasteiger partial charge in [0.15, 0.2) is 11.4 Å². The lowest BCUT2D eigenvalue weighted by Crippen LogP contribution is -1.96. The highest BCUT2D eigenvalue weighted by Gasteiger charge is 2.11. The molecule has 4 heteroatoms. The third kappa shape index (κ3) is 1.83. The highest BCUT2D eigenvalue weighted by atomic mass is 16.5. The van der Waals surface area contributed by atoms with Crippen LogP contribution in [0.3, 0.4) is 0 Å². The van der Waals surface area contributed by atoms with Gasteiger partial charge in [0, 0.05) is 11.8 Å². The second-order valence-corrected chi connectivity index (χ2v) is 2.73. The van der Waals surface area contributed by atoms with Gasteiger partial charge in [-0.05, 0) is 25.9 Å². The fourth-order valence-corrected chi connectivity index (χ4v) is 1.10. The Morgan fingerprint density at radius 1 is 1.54 bits per heavy atom. The van der Waals surface area contributed by atoms with Crippen molar-refractivity contribution in [2.75, 3.05) is 6.61 Å². The van der Waals surface area contributed by atoms with Gasteiger partial charge in [0.2, 0.25) is 0 Å². The minimum atomic E-state index is 0.307. The summed E-state index contributed by atoms with van der Waals surface area (Å²) in [6, 6.07) is 0. The van der Waals surface area contributed by atoms with Crippen molar-refractivity contribution in [1.82, 2.24) is 4.98 Å². The van der Waals surface area contributed by atoms with Gasteiger partial charge in [-0.1, -0.05) is 0 Å². The molecule has 0 aliphatic rings. The lowest BCUT2D eigenvalue weighted by molar-refractivity contribution is 0.338. The van der Waals surface area contributed by atoms with Crippen LogP contribution in [0.4, 0.5) is 5.69 Å². The number of hydrogen-bond donors (Lipinski definition) is 0. The van der Waals surface area contributed by atoms with Gasteiger partial charge in [-0.25, -0.2) is 0 Å². The molecule has 0 N–H and O–H groups in total. The van der Waals surface area contributed by atoms with Gasteiger partial charge in [-0.15, -0.1) is 4.91 Å². The molecule has 0 spiro atoms. The van der Waals surface area contributed by atoms with Gasteiger partial charge in [-0.2, -0.15) is 0 Å². The third-order valence-corrected chi connectivity index (χ3v) is 1.75. The first-order valence-corrected chi connectivity index (χ1v) is 4.13. The zero-order valence-corrected chi connectivity index (χ0v) is 8.00. The first-order chi connectivity index (χ1) is 6.20. The fraction of sp³-hybridized carbons (Fsp3) is 0.444. The first kappa shape index (κ1) is 9.64. The number of hydrogen-bond acceptors (Lipinski definition) is 4. The number of aromatic nitrogens is 1. The minimum Gasteiger partial charge on any atom is -0.491 e. The van der Waals surface area contributed by atoms with Crippen molar-refractivity contribution in [2.45, 2.75) is 20.8 Å². The summed E-state index contributed by atoms with van der Waals surface area (Å²) in [6.07, 6.45) is 1.68. The van der Waals surface area contributed by atoms with Crippen molar-refractivity contribution in [3.05, 3.63) is 22.4 Å². The number of rotatable bonds is 3. The molecular formula is C9H12N2O2. The van der Waals surface area contributed by atoms with E-state index in [0.29, 0.717) is 23.7 Å². The van der Waals surface area contributed by atoms with Crippen molar-refractivity contribution in [3.63, 3.8) is 0 Å². The van der Waals surface area contributed by atoms with Gasteiger partial charge in [0.05, 0.1) is 12.3 Å². The van der Waals surface area contributed by atoms with Gasteiger partial charge in [0.1, 0.15) is 0 Å². The van der Waals surface area contributed by atoms with Crippen molar-refractivity contribution < 1.29 is 4.74 Å². The van der Waals surface area contributed by atoms with Crippen LogP contribution < -0.4 is 4.74 Å². The molecule has 0 unspecified atom stereocenters. The summed E-state index contributed by atoms with van der Waals surface area (Å²) in [5.74, 6) is 0.546. The van der Waals surface area contributed by atoms with E-state index in [2.05, 4.69) is 10.2 Å². The Kier molecular flexibility index (Phi) is 2.95. The zero-order valence-electron chi connectivity index (χ0n) is 8.00. The summed E-state index contributed by atoms with van der Waals surface area (Å²) in [5.41, 5.74) is 1.74. The Hall–Kier alpha value is -1.45. The van der Waals surface area contributed by atoms with E-state index in [0.717, 1.165) is 5.56 Å². The number of nitrogens with zero attached hydrogens (tertiary/aromatic N) is 2. The van der Waals surface area contributed by atoms with Crippen LogP contribution in [0.25, 0.3) is 0 Å². The highest BCUT2D eigenvalue weighted by Crippen LogP contribution is 2.32. The summed E-state index contributed by atoms with van der Waals surface area (Å²) >= 11 is 0. The minimum absolute atomic E-state index is 0.307. The molecule has 0 fully saturated rings. The molecular weight excluding hydrogens is 168 g/mol. The SMILES string of the molecule is CCOc1c(C)cnc(C)c1N=O. The van der Waals surface area contributed by atoms with Gasteiger partial charge in [0.25, 0.3) is 0 Å². The Bertz CT molecular complexity index is 324. The molecule has 0 aliphatic heterocycles. The average Bonchev–Trinajstić information content (AvgIpc) is 2.12. The zero-order chi connectivity index (χ0) is 9.84. The summed E-state index contributed by atoms with van der Waals surface area (Å²) in [5, 5.41) is 2.91. The van der Waals surface area contributed by atoms with Crippen LogP contribution in [0.15, 0.2) is 11.4 Å². The predicted molar refractivity (Wildman–Crippen MR) is 50.3 cm³/mol. The van der Waals surface area contributed by atoms with Crippen LogP contribution >= 0.6 is 0 Å². The standard InChI is InChI=1S/C9H12N2O2/c1-4-13-9-6(2)5-10-7(3)8(9)11-12/h5H,4H2,1-3H3. The van der Waals surface area contributed by atoms with Crippen molar-refractivity contribution in [1.29, 1.82) is 0 Å². The number of ether oxygens (including phenoxy) is 1. The molecule has 1 aromatic rings. The fourth-order valence-electron chi connectivity index (χ4n) is 1.10. The van der Waals surface area contributed by atoms with Crippen LogP contribution in [0.5, 0.6) is 5.75 Å². The number of nitroso groups, excluding NO2 is 1. The van der Waals surface area contributed by atoms with Crippen LogP contribution in [0.1, 0.15) is 18.2 Å². The summed E-state index contributed by atoms with van der Waals surface area (Å²) in [6.45, 7) is 5.96. The Labute approximate surface area is 76.9 Å². The van der Waals surface area contributed by atoms with E-state index in [4.69, 9.17) is 4.74 Å². The predicted octanol–water partition coefficient (Wildman–Crippen LogP) is 2.50. The smallest absolute Gasteiger partial charge is 0.171 e. The first-order valence-electron chi connectivity index (χ1n) is 4.13. The van der Waals surface area contributed by atoms with E-state index in [1.165, 1.54) is 0 Å². The van der Waals surface area contributed by atoms with E-state index < -0.39 is 0 Å². The molecule has 0 saturated heterocycles. The van der Waals surface area contributed by atoms with Crippen LogP contribution in [0.2, 0.25) is 0 Å². The molecule has 0 aromatic carbocycles. The Morgan fingerprint density at radius 3 is 2.77 bits per heavy atom. The van der Waals surface area contributed by atoms with Crippen LogP contribution in [-0.2, 0) is 0 Å². The van der Waals surface area contributed by atoms with Crippen molar-refractivity contribution >= 4 is 5.69 Å². The van der Waals surface area contributed by atoms with Gasteiger partial charge < -0.3 is 4.74 Å². The van der Waals surface area contributed by atoms with E-state index in [9.17, 15) is 4.91 Å². The Morgan fingerprint density at radius 2 is 2.23 bits per heavy atom. The second-order valence-electron chi connectivity index (χ2n) is 2.73. The number of aryl methyl sites for hydroxylation is 2. The molecule has 0 amide bonds. The topological polar surface area (TPSA) is 51.6 Å².